The third kappa shape index (κ3) is 6.49. The molecule has 0 saturated carbocycles. The van der Waals surface area contributed by atoms with Gasteiger partial charge >= 0.3 is 0 Å². The van der Waals surface area contributed by atoms with Crippen LogP contribution in [0.15, 0.2) is 48.5 Å². The van der Waals surface area contributed by atoms with Gasteiger partial charge in [-0.05, 0) is 49.1 Å². The molecule has 0 aromatic heterocycles. The van der Waals surface area contributed by atoms with Crippen molar-refractivity contribution < 1.29 is 17.9 Å². The zero-order valence-electron chi connectivity index (χ0n) is 18.6. The molecule has 2 rings (SSSR count). The van der Waals surface area contributed by atoms with Gasteiger partial charge in [0.1, 0.15) is 18.4 Å². The van der Waals surface area contributed by atoms with E-state index in [1.165, 1.54) is 5.56 Å². The minimum Gasteiger partial charge on any atom is -0.492 e. The van der Waals surface area contributed by atoms with E-state index < -0.39 is 16.1 Å². The number of carbonyl (C=O) groups excluding carboxylic acids is 1. The zero-order valence-corrected chi connectivity index (χ0v) is 19.4. The van der Waals surface area contributed by atoms with Gasteiger partial charge in [0.2, 0.25) is 15.9 Å². The summed E-state index contributed by atoms with van der Waals surface area (Å²) >= 11 is 0. The molecule has 0 saturated heterocycles. The summed E-state index contributed by atoms with van der Waals surface area (Å²) in [6, 6.07) is 14.0. The van der Waals surface area contributed by atoms with Crippen molar-refractivity contribution in [1.29, 1.82) is 0 Å². The van der Waals surface area contributed by atoms with Crippen LogP contribution in [0.3, 0.4) is 0 Å². The Morgan fingerprint density at radius 1 is 1.07 bits per heavy atom. The van der Waals surface area contributed by atoms with E-state index in [1.54, 1.807) is 19.1 Å². The van der Waals surface area contributed by atoms with Gasteiger partial charge in [-0.3, -0.25) is 9.10 Å². The number of carbonyl (C=O) groups is 1. The van der Waals surface area contributed by atoms with E-state index in [-0.39, 0.29) is 24.5 Å². The fourth-order valence-corrected chi connectivity index (χ4v) is 4.22. The lowest BCUT2D eigenvalue weighted by molar-refractivity contribution is -0.121. The summed E-state index contributed by atoms with van der Waals surface area (Å²) < 4.78 is 31.4. The highest BCUT2D eigenvalue weighted by atomic mass is 32.2. The molecule has 2 aromatic carbocycles. The van der Waals surface area contributed by atoms with Crippen LogP contribution in [0.2, 0.25) is 0 Å². The number of sulfonamides is 1. The predicted molar refractivity (Wildman–Crippen MR) is 122 cm³/mol. The first kappa shape index (κ1) is 23.7. The van der Waals surface area contributed by atoms with Crippen LogP contribution in [-0.4, -0.2) is 39.8 Å². The number of nitrogens with one attached hydrogen (secondary N) is 1. The van der Waals surface area contributed by atoms with Crippen LogP contribution in [0, 0.1) is 6.92 Å². The minimum atomic E-state index is -3.62. The maximum atomic E-state index is 12.6. The van der Waals surface area contributed by atoms with Gasteiger partial charge in [-0.15, -0.1) is 0 Å². The van der Waals surface area contributed by atoms with Gasteiger partial charge in [0.25, 0.3) is 0 Å². The summed E-state index contributed by atoms with van der Waals surface area (Å²) in [5.41, 5.74) is 2.76. The third-order valence-electron chi connectivity index (χ3n) is 4.77. The predicted octanol–water partition coefficient (Wildman–Crippen LogP) is 3.64. The van der Waals surface area contributed by atoms with Crippen molar-refractivity contribution in [3.8, 4) is 5.75 Å². The fourth-order valence-electron chi connectivity index (χ4n) is 3.04. The van der Waals surface area contributed by atoms with E-state index in [0.29, 0.717) is 5.69 Å². The van der Waals surface area contributed by atoms with Crippen LogP contribution in [0.4, 0.5) is 5.69 Å². The van der Waals surface area contributed by atoms with E-state index >= 15 is 0 Å². The first-order valence-electron chi connectivity index (χ1n) is 9.97. The Morgan fingerprint density at radius 3 is 2.13 bits per heavy atom. The number of amides is 1. The van der Waals surface area contributed by atoms with Crippen molar-refractivity contribution in [3.05, 3.63) is 59.7 Å². The SMILES string of the molecule is Cc1ccc(N(C(C)C(=O)NCCOc2ccc(C(C)(C)C)cc2)S(C)(=O)=O)cc1. The Labute approximate surface area is 180 Å². The van der Waals surface area contributed by atoms with Crippen molar-refractivity contribution in [3.63, 3.8) is 0 Å². The second-order valence-corrected chi connectivity index (χ2v) is 10.3. The van der Waals surface area contributed by atoms with Gasteiger partial charge in [0, 0.05) is 0 Å². The normalized spacial score (nSPS) is 12.9. The number of benzene rings is 2. The maximum Gasteiger partial charge on any atom is 0.243 e. The van der Waals surface area contributed by atoms with Crippen molar-refractivity contribution in [1.82, 2.24) is 5.32 Å². The molecule has 7 heteroatoms. The van der Waals surface area contributed by atoms with E-state index in [4.69, 9.17) is 4.74 Å². The van der Waals surface area contributed by atoms with E-state index in [2.05, 4.69) is 26.1 Å². The summed E-state index contributed by atoms with van der Waals surface area (Å²) in [5.74, 6) is 0.343. The highest BCUT2D eigenvalue weighted by molar-refractivity contribution is 7.92. The second kappa shape index (κ2) is 9.51. The molecule has 0 spiro atoms. The molecule has 1 atom stereocenters. The van der Waals surface area contributed by atoms with Crippen molar-refractivity contribution in [2.24, 2.45) is 0 Å². The fraction of sp³-hybridized carbons (Fsp3) is 0.435. The lowest BCUT2D eigenvalue weighted by Crippen LogP contribution is -2.48. The van der Waals surface area contributed by atoms with Gasteiger partial charge in [0.15, 0.2) is 0 Å². The largest absolute Gasteiger partial charge is 0.492 e. The van der Waals surface area contributed by atoms with Crippen LogP contribution < -0.4 is 14.4 Å². The topological polar surface area (TPSA) is 75.7 Å². The summed E-state index contributed by atoms with van der Waals surface area (Å²) in [6.07, 6.45) is 1.10. The number of hydrogen-bond donors (Lipinski definition) is 1. The summed E-state index contributed by atoms with van der Waals surface area (Å²) in [4.78, 5) is 12.6. The molecule has 1 N–H and O–H groups in total. The molecular weight excluding hydrogens is 400 g/mol. The molecule has 30 heavy (non-hydrogen) atoms. The van der Waals surface area contributed by atoms with Crippen LogP contribution in [0.5, 0.6) is 5.75 Å². The van der Waals surface area contributed by atoms with Gasteiger partial charge in [-0.2, -0.15) is 0 Å². The average Bonchev–Trinajstić information content (AvgIpc) is 2.65. The summed E-state index contributed by atoms with van der Waals surface area (Å²) in [6.45, 7) is 10.5. The van der Waals surface area contributed by atoms with E-state index in [0.717, 1.165) is 21.9 Å². The molecule has 0 aliphatic heterocycles. The molecule has 6 nitrogen and oxygen atoms in total. The van der Waals surface area contributed by atoms with Crippen LogP contribution >= 0.6 is 0 Å². The lowest BCUT2D eigenvalue weighted by atomic mass is 9.87. The number of rotatable bonds is 8. The maximum absolute atomic E-state index is 12.6. The quantitative estimate of drug-likeness (QED) is 0.646. The van der Waals surface area contributed by atoms with Crippen molar-refractivity contribution in [2.45, 2.75) is 46.1 Å². The first-order valence-corrected chi connectivity index (χ1v) is 11.8. The molecule has 0 radical (unpaired) electrons. The number of aryl methyl sites for hydroxylation is 1. The smallest absolute Gasteiger partial charge is 0.243 e. The summed E-state index contributed by atoms with van der Waals surface area (Å²) in [5, 5.41) is 2.75. The second-order valence-electron chi connectivity index (χ2n) is 8.48. The molecule has 164 valence electrons. The van der Waals surface area contributed by atoms with Crippen molar-refractivity contribution >= 4 is 21.6 Å². The monoisotopic (exact) mass is 432 g/mol. The molecule has 0 aliphatic rings. The van der Waals surface area contributed by atoms with Gasteiger partial charge in [0.05, 0.1) is 18.5 Å². The van der Waals surface area contributed by atoms with Crippen LogP contribution in [0.1, 0.15) is 38.8 Å². The number of ether oxygens (including phenoxy) is 1. The minimum absolute atomic E-state index is 0.0750. The zero-order chi connectivity index (χ0) is 22.5. The van der Waals surface area contributed by atoms with Crippen LogP contribution in [-0.2, 0) is 20.2 Å². The molecule has 0 aliphatic carbocycles. The third-order valence-corrected chi connectivity index (χ3v) is 6.01. The Bertz CT molecular complexity index is 946. The highest BCUT2D eigenvalue weighted by Crippen LogP contribution is 2.24. The Balaban J connectivity index is 1.93. The molecule has 1 unspecified atom stereocenters. The Hall–Kier alpha value is -2.54. The van der Waals surface area contributed by atoms with Crippen LogP contribution in [0.25, 0.3) is 0 Å². The Kier molecular flexibility index (Phi) is 7.53. The molecule has 0 heterocycles. The van der Waals surface area contributed by atoms with Gasteiger partial charge in [-0.1, -0.05) is 50.6 Å². The van der Waals surface area contributed by atoms with E-state index in [1.807, 2.05) is 43.3 Å². The Morgan fingerprint density at radius 2 is 1.63 bits per heavy atom. The number of anilines is 1. The molecule has 0 fully saturated rings. The van der Waals surface area contributed by atoms with Gasteiger partial charge < -0.3 is 10.1 Å². The lowest BCUT2D eigenvalue weighted by Gasteiger charge is -2.28. The first-order chi connectivity index (χ1) is 13.9. The molecular formula is C23H32N2O4S. The van der Waals surface area contributed by atoms with E-state index in [9.17, 15) is 13.2 Å². The number of hydrogen-bond acceptors (Lipinski definition) is 4. The molecule has 0 bridgehead atoms. The molecule has 2 aromatic rings. The average molecular weight is 433 g/mol. The van der Waals surface area contributed by atoms with Gasteiger partial charge in [-0.25, -0.2) is 8.42 Å². The standard InChI is InChI=1S/C23H32N2O4S/c1-17-7-11-20(12-8-17)25(30(6,27)28)18(2)22(26)24-15-16-29-21-13-9-19(10-14-21)23(3,4)5/h7-14,18H,15-16H2,1-6H3,(H,24,26). The molecule has 1 amide bonds. The summed E-state index contributed by atoms with van der Waals surface area (Å²) in [7, 11) is -3.62. The number of nitrogens with zero attached hydrogens (tertiary/aromatic N) is 1. The highest BCUT2D eigenvalue weighted by Gasteiger charge is 2.28. The van der Waals surface area contributed by atoms with Crippen molar-refractivity contribution in [2.75, 3.05) is 23.7 Å².